The summed E-state index contributed by atoms with van der Waals surface area (Å²) in [5.74, 6) is -2.77. The Kier molecular flexibility index (Phi) is 5.41. The molecule has 0 aromatic heterocycles. The fourth-order valence-electron chi connectivity index (χ4n) is 1.89. The first-order valence-electron chi connectivity index (χ1n) is 6.76. The molecule has 0 saturated carbocycles. The molecule has 0 aliphatic heterocycles. The lowest BCUT2D eigenvalue weighted by Gasteiger charge is -2.13. The normalized spacial score (nSPS) is 12.2. The van der Waals surface area contributed by atoms with Gasteiger partial charge in [0, 0.05) is 6.42 Å². The van der Waals surface area contributed by atoms with Crippen molar-refractivity contribution in [2.45, 2.75) is 24.2 Å². The highest BCUT2D eigenvalue weighted by atomic mass is 79.9. The summed E-state index contributed by atoms with van der Waals surface area (Å²) in [5.41, 5.74) is 1.33. The highest BCUT2D eigenvalue weighted by Crippen LogP contribution is 2.25. The fraction of sp³-hybridized carbons (Fsp3) is 0.250. The monoisotopic (exact) mass is 404 g/mol. The Labute approximate surface area is 142 Å². The molecule has 2 rings (SSSR count). The molecule has 0 aliphatic carbocycles. The fourth-order valence-corrected chi connectivity index (χ4v) is 3.02. The lowest BCUT2D eigenvalue weighted by atomic mass is 10.1. The van der Waals surface area contributed by atoms with E-state index in [9.17, 15) is 17.2 Å². The van der Waals surface area contributed by atoms with Gasteiger partial charge >= 0.3 is 10.1 Å². The van der Waals surface area contributed by atoms with Crippen LogP contribution in [0.1, 0.15) is 11.1 Å². The minimum absolute atomic E-state index is 0.0398. The van der Waals surface area contributed by atoms with E-state index in [0.717, 1.165) is 5.56 Å². The van der Waals surface area contributed by atoms with Crippen molar-refractivity contribution in [2.24, 2.45) is 0 Å². The van der Waals surface area contributed by atoms with E-state index in [4.69, 9.17) is 4.18 Å². The van der Waals surface area contributed by atoms with Gasteiger partial charge in [-0.15, -0.1) is 0 Å². The van der Waals surface area contributed by atoms with E-state index in [-0.39, 0.29) is 10.6 Å². The second kappa shape index (κ2) is 6.97. The lowest BCUT2D eigenvalue weighted by Crippen LogP contribution is -2.21. The first kappa shape index (κ1) is 17.9. The molecule has 2 aromatic rings. The number of rotatable bonds is 6. The van der Waals surface area contributed by atoms with Crippen molar-refractivity contribution in [3.05, 3.63) is 59.7 Å². The average Bonchev–Trinajstić information content (AvgIpc) is 2.49. The van der Waals surface area contributed by atoms with E-state index in [1.807, 2.05) is 6.92 Å². The van der Waals surface area contributed by atoms with Crippen LogP contribution in [0.4, 0.5) is 8.78 Å². The van der Waals surface area contributed by atoms with Gasteiger partial charge in [-0.05, 0) is 36.8 Å². The summed E-state index contributed by atoms with van der Waals surface area (Å²) in [4.78, 5) is 0.0398. The smallest absolute Gasteiger partial charge is 0.339 e. The van der Waals surface area contributed by atoms with Gasteiger partial charge in [0.1, 0.15) is 10.6 Å². The van der Waals surface area contributed by atoms with Gasteiger partial charge in [0.25, 0.3) is 5.92 Å². The number of alkyl halides is 3. The third kappa shape index (κ3) is 5.00. The highest BCUT2D eigenvalue weighted by molar-refractivity contribution is 9.09. The lowest BCUT2D eigenvalue weighted by molar-refractivity contribution is 0.0294. The molecule has 124 valence electrons. The van der Waals surface area contributed by atoms with Crippen LogP contribution in [0.25, 0.3) is 0 Å². The quantitative estimate of drug-likeness (QED) is 0.531. The van der Waals surface area contributed by atoms with Gasteiger partial charge in [-0.25, -0.2) is 8.78 Å². The van der Waals surface area contributed by atoms with E-state index < -0.39 is 27.8 Å². The zero-order chi connectivity index (χ0) is 17.1. The van der Waals surface area contributed by atoms with Crippen LogP contribution in [0.5, 0.6) is 5.75 Å². The van der Waals surface area contributed by atoms with Crippen molar-refractivity contribution in [1.29, 1.82) is 0 Å². The standard InChI is InChI=1S/C16H15BrF2O3S/c1-12-2-8-15(9-3-12)23(20,21)22-14-6-4-13(5-7-14)10-16(18,19)11-17/h2-9H,10-11H2,1H3. The Morgan fingerprint density at radius 2 is 1.61 bits per heavy atom. The largest absolute Gasteiger partial charge is 0.379 e. The Bertz CT molecular complexity index is 757. The molecule has 7 heteroatoms. The molecule has 0 N–H and O–H groups in total. The van der Waals surface area contributed by atoms with Gasteiger partial charge in [-0.1, -0.05) is 45.8 Å². The summed E-state index contributed by atoms with van der Waals surface area (Å²) in [6, 6.07) is 11.8. The predicted molar refractivity (Wildman–Crippen MR) is 87.9 cm³/mol. The number of hydrogen-bond acceptors (Lipinski definition) is 3. The summed E-state index contributed by atoms with van der Waals surface area (Å²) < 4.78 is 55.8. The number of halogens is 3. The SMILES string of the molecule is Cc1ccc(S(=O)(=O)Oc2ccc(CC(F)(F)CBr)cc2)cc1. The topological polar surface area (TPSA) is 43.4 Å². The number of aryl methyl sites for hydroxylation is 1. The van der Waals surface area contributed by atoms with Crippen molar-refractivity contribution < 1.29 is 21.4 Å². The van der Waals surface area contributed by atoms with Gasteiger partial charge in [0.2, 0.25) is 0 Å². The predicted octanol–water partition coefficient (Wildman–Crippen LogP) is 4.34. The van der Waals surface area contributed by atoms with Crippen LogP contribution in [0.2, 0.25) is 0 Å². The number of hydrogen-bond donors (Lipinski definition) is 0. The molecule has 0 atom stereocenters. The molecule has 0 saturated heterocycles. The van der Waals surface area contributed by atoms with Crippen molar-refractivity contribution in [1.82, 2.24) is 0 Å². The van der Waals surface area contributed by atoms with Gasteiger partial charge < -0.3 is 4.18 Å². The number of benzene rings is 2. The molecule has 0 aliphatic rings. The van der Waals surface area contributed by atoms with E-state index >= 15 is 0 Å². The molecule has 2 aromatic carbocycles. The molecule has 0 spiro atoms. The Morgan fingerprint density at radius 3 is 2.13 bits per heavy atom. The summed E-state index contributed by atoms with van der Waals surface area (Å²) >= 11 is 2.76. The third-order valence-corrected chi connectivity index (χ3v) is 5.18. The Balaban J connectivity index is 2.13. The van der Waals surface area contributed by atoms with Crippen molar-refractivity contribution in [2.75, 3.05) is 5.33 Å². The molecular formula is C16H15BrF2O3S. The van der Waals surface area contributed by atoms with Gasteiger partial charge in [0.05, 0.1) is 5.33 Å². The molecule has 23 heavy (non-hydrogen) atoms. The highest BCUT2D eigenvalue weighted by Gasteiger charge is 2.27. The first-order chi connectivity index (χ1) is 10.7. The third-order valence-electron chi connectivity index (χ3n) is 3.10. The Hall–Kier alpha value is -1.47. The summed E-state index contributed by atoms with van der Waals surface area (Å²) in [7, 11) is -3.94. The molecule has 3 nitrogen and oxygen atoms in total. The molecular weight excluding hydrogens is 390 g/mol. The summed E-state index contributed by atoms with van der Waals surface area (Å²) in [5, 5.41) is -0.431. The van der Waals surface area contributed by atoms with Crippen molar-refractivity contribution in [3.63, 3.8) is 0 Å². The van der Waals surface area contributed by atoms with E-state index in [2.05, 4.69) is 15.9 Å². The minimum Gasteiger partial charge on any atom is -0.379 e. The maximum absolute atomic E-state index is 13.3. The van der Waals surface area contributed by atoms with Crippen LogP contribution in [-0.4, -0.2) is 19.7 Å². The van der Waals surface area contributed by atoms with E-state index in [1.54, 1.807) is 12.1 Å². The molecule has 0 bridgehead atoms. The maximum Gasteiger partial charge on any atom is 0.339 e. The molecule has 0 amide bonds. The van der Waals surface area contributed by atoms with Crippen LogP contribution < -0.4 is 4.18 Å². The van der Waals surface area contributed by atoms with E-state index in [1.165, 1.54) is 36.4 Å². The molecule has 0 fully saturated rings. The van der Waals surface area contributed by atoms with Crippen LogP contribution >= 0.6 is 15.9 Å². The van der Waals surface area contributed by atoms with Gasteiger partial charge in [-0.2, -0.15) is 8.42 Å². The van der Waals surface area contributed by atoms with Crippen molar-refractivity contribution in [3.8, 4) is 5.75 Å². The van der Waals surface area contributed by atoms with Crippen LogP contribution in [0, 0.1) is 6.92 Å². The zero-order valence-corrected chi connectivity index (χ0v) is 14.7. The van der Waals surface area contributed by atoms with Crippen LogP contribution in [-0.2, 0) is 16.5 Å². The van der Waals surface area contributed by atoms with E-state index in [0.29, 0.717) is 5.56 Å². The second-order valence-electron chi connectivity index (χ2n) is 5.16. The Morgan fingerprint density at radius 1 is 1.04 bits per heavy atom. The van der Waals surface area contributed by atoms with Crippen LogP contribution in [0.3, 0.4) is 0 Å². The molecule has 0 radical (unpaired) electrons. The second-order valence-corrected chi connectivity index (χ2v) is 7.27. The molecule has 0 heterocycles. The summed E-state index contributed by atoms with van der Waals surface area (Å²) in [6.07, 6.45) is -0.427. The minimum atomic E-state index is -3.94. The average molecular weight is 405 g/mol. The first-order valence-corrected chi connectivity index (χ1v) is 9.29. The van der Waals surface area contributed by atoms with Gasteiger partial charge in [-0.3, -0.25) is 0 Å². The zero-order valence-electron chi connectivity index (χ0n) is 12.3. The summed E-state index contributed by atoms with van der Waals surface area (Å²) in [6.45, 7) is 1.85. The van der Waals surface area contributed by atoms with Crippen LogP contribution in [0.15, 0.2) is 53.4 Å². The molecule has 0 unspecified atom stereocenters. The van der Waals surface area contributed by atoms with Gasteiger partial charge in [0.15, 0.2) is 0 Å². The van der Waals surface area contributed by atoms with Crippen molar-refractivity contribution >= 4 is 26.0 Å². The maximum atomic E-state index is 13.3.